The molecule has 1 saturated heterocycles. The van der Waals surface area contributed by atoms with E-state index in [1.54, 1.807) is 13.1 Å². The van der Waals surface area contributed by atoms with Gasteiger partial charge in [-0.2, -0.15) is 0 Å². The van der Waals surface area contributed by atoms with Crippen LogP contribution < -0.4 is 5.76 Å². The van der Waals surface area contributed by atoms with Gasteiger partial charge in [0.2, 0.25) is 0 Å². The van der Waals surface area contributed by atoms with E-state index in [1.807, 2.05) is 12.1 Å². The molecule has 1 N–H and O–H groups in total. The number of nitrogens with zero attached hydrogens (tertiary/aromatic N) is 2. The number of oxazole rings is 1. The van der Waals surface area contributed by atoms with Gasteiger partial charge < -0.3 is 9.52 Å². The number of aliphatic hydroxyl groups excluding tert-OH is 1. The van der Waals surface area contributed by atoms with Gasteiger partial charge in [-0.05, 0) is 42.9 Å². The molecule has 0 saturated carbocycles. The van der Waals surface area contributed by atoms with Crippen LogP contribution in [0.5, 0.6) is 0 Å². The first kappa shape index (κ1) is 16.3. The van der Waals surface area contributed by atoms with Crippen molar-refractivity contribution < 1.29 is 9.52 Å². The van der Waals surface area contributed by atoms with Crippen LogP contribution in [0.4, 0.5) is 0 Å². The molecule has 1 aromatic heterocycles. The van der Waals surface area contributed by atoms with E-state index >= 15 is 0 Å². The lowest BCUT2D eigenvalue weighted by atomic mass is 9.89. The van der Waals surface area contributed by atoms with Gasteiger partial charge in [0.1, 0.15) is 0 Å². The zero-order valence-corrected chi connectivity index (χ0v) is 14.3. The van der Waals surface area contributed by atoms with Crippen LogP contribution in [0.2, 0.25) is 0 Å². The highest BCUT2D eigenvalue weighted by Gasteiger charge is 2.29. The number of aliphatic hydroxyl groups is 1. The lowest BCUT2D eigenvalue weighted by Gasteiger charge is -2.40. The van der Waals surface area contributed by atoms with Gasteiger partial charge in [-0.15, -0.1) is 0 Å². The summed E-state index contributed by atoms with van der Waals surface area (Å²) in [6.07, 6.45) is 0.655. The standard InChI is InChI=1S/C18H26N2O3/c1-11-7-12(2)10-20(9-11)13(3)17(21)14-5-6-15-16(8-14)23-18(22)19(15)4/h5-6,8,11-13,17,21H,7,9-10H2,1-4H3. The molecule has 1 aliphatic heterocycles. The van der Waals surface area contributed by atoms with Crippen molar-refractivity contribution in [1.29, 1.82) is 0 Å². The highest BCUT2D eigenvalue weighted by atomic mass is 16.4. The maximum Gasteiger partial charge on any atom is 0.419 e. The van der Waals surface area contributed by atoms with Crippen molar-refractivity contribution in [2.75, 3.05) is 13.1 Å². The third kappa shape index (κ3) is 3.08. The number of likely N-dealkylation sites (tertiary alicyclic amines) is 1. The first-order valence-electron chi connectivity index (χ1n) is 8.38. The van der Waals surface area contributed by atoms with Gasteiger partial charge >= 0.3 is 5.76 Å². The normalized spacial score (nSPS) is 25.6. The van der Waals surface area contributed by atoms with Gasteiger partial charge in [0.05, 0.1) is 11.6 Å². The average molecular weight is 318 g/mol. The molecule has 23 heavy (non-hydrogen) atoms. The van der Waals surface area contributed by atoms with Crippen molar-refractivity contribution in [3.8, 4) is 0 Å². The summed E-state index contributed by atoms with van der Waals surface area (Å²) < 4.78 is 6.71. The second kappa shape index (κ2) is 6.13. The minimum atomic E-state index is -0.595. The minimum absolute atomic E-state index is 0.0353. The van der Waals surface area contributed by atoms with E-state index in [0.717, 1.165) is 24.2 Å². The Morgan fingerprint density at radius 1 is 1.26 bits per heavy atom. The second-order valence-corrected chi connectivity index (χ2v) is 7.24. The molecule has 0 bridgehead atoms. The zero-order chi connectivity index (χ0) is 16.7. The monoisotopic (exact) mass is 318 g/mol. The third-order valence-electron chi connectivity index (χ3n) is 5.09. The van der Waals surface area contributed by atoms with Crippen molar-refractivity contribution >= 4 is 11.1 Å². The van der Waals surface area contributed by atoms with Gasteiger partial charge in [-0.3, -0.25) is 9.47 Å². The Morgan fingerprint density at radius 2 is 1.91 bits per heavy atom. The van der Waals surface area contributed by atoms with Crippen LogP contribution in [0, 0.1) is 11.8 Å². The zero-order valence-electron chi connectivity index (χ0n) is 14.3. The summed E-state index contributed by atoms with van der Waals surface area (Å²) in [4.78, 5) is 14.0. The van der Waals surface area contributed by atoms with E-state index in [1.165, 1.54) is 11.0 Å². The molecule has 2 aromatic rings. The number of hydrogen-bond donors (Lipinski definition) is 1. The van der Waals surface area contributed by atoms with Crippen LogP contribution in [-0.2, 0) is 7.05 Å². The molecule has 126 valence electrons. The Hall–Kier alpha value is -1.59. The fourth-order valence-corrected chi connectivity index (χ4v) is 3.86. The van der Waals surface area contributed by atoms with E-state index in [0.29, 0.717) is 17.4 Å². The van der Waals surface area contributed by atoms with Crippen LogP contribution in [0.3, 0.4) is 0 Å². The number of benzene rings is 1. The van der Waals surface area contributed by atoms with Gasteiger partial charge in [0.25, 0.3) is 0 Å². The quantitative estimate of drug-likeness (QED) is 0.945. The highest BCUT2D eigenvalue weighted by molar-refractivity contribution is 5.73. The molecule has 2 heterocycles. The SMILES string of the molecule is CC1CC(C)CN(C(C)C(O)c2ccc3c(c2)oc(=O)n3C)C1. The molecular weight excluding hydrogens is 292 g/mol. The number of piperidine rings is 1. The molecule has 4 unspecified atom stereocenters. The molecule has 0 radical (unpaired) electrons. The lowest BCUT2D eigenvalue weighted by Crippen LogP contribution is -2.46. The van der Waals surface area contributed by atoms with Crippen molar-refractivity contribution in [1.82, 2.24) is 9.47 Å². The smallest absolute Gasteiger partial charge is 0.408 e. The number of aromatic nitrogens is 1. The average Bonchev–Trinajstić information content (AvgIpc) is 2.79. The molecule has 1 aromatic carbocycles. The molecule has 0 aliphatic carbocycles. The Balaban J connectivity index is 1.84. The van der Waals surface area contributed by atoms with Crippen LogP contribution in [0.15, 0.2) is 27.4 Å². The van der Waals surface area contributed by atoms with Crippen molar-refractivity contribution in [3.63, 3.8) is 0 Å². The largest absolute Gasteiger partial charge is 0.419 e. The van der Waals surface area contributed by atoms with Gasteiger partial charge in [-0.1, -0.05) is 19.9 Å². The van der Waals surface area contributed by atoms with Crippen molar-refractivity contribution in [2.45, 2.75) is 39.3 Å². The highest BCUT2D eigenvalue weighted by Crippen LogP contribution is 2.29. The van der Waals surface area contributed by atoms with E-state index in [4.69, 9.17) is 4.42 Å². The number of aryl methyl sites for hydroxylation is 1. The van der Waals surface area contributed by atoms with E-state index in [2.05, 4.69) is 25.7 Å². The molecule has 5 heteroatoms. The summed E-state index contributed by atoms with van der Waals surface area (Å²) in [5.74, 6) is 0.935. The van der Waals surface area contributed by atoms with Crippen LogP contribution >= 0.6 is 0 Å². The van der Waals surface area contributed by atoms with E-state index in [9.17, 15) is 9.90 Å². The van der Waals surface area contributed by atoms with Gasteiger partial charge in [0, 0.05) is 26.2 Å². The molecule has 1 aliphatic rings. The first-order chi connectivity index (χ1) is 10.9. The molecule has 3 rings (SSSR count). The molecule has 4 atom stereocenters. The molecule has 5 nitrogen and oxygen atoms in total. The Bertz CT molecular complexity index is 738. The maximum absolute atomic E-state index is 11.6. The minimum Gasteiger partial charge on any atom is -0.408 e. The summed E-state index contributed by atoms with van der Waals surface area (Å²) in [5, 5.41) is 10.8. The molecule has 0 spiro atoms. The first-order valence-corrected chi connectivity index (χ1v) is 8.38. The van der Waals surface area contributed by atoms with Crippen LogP contribution in [-0.4, -0.2) is 33.7 Å². The summed E-state index contributed by atoms with van der Waals surface area (Å²) in [5.41, 5.74) is 2.07. The number of fused-ring (bicyclic) bond motifs is 1. The van der Waals surface area contributed by atoms with Gasteiger partial charge in [-0.25, -0.2) is 4.79 Å². The predicted molar refractivity (Wildman–Crippen MR) is 90.4 cm³/mol. The topological polar surface area (TPSA) is 58.6 Å². The Morgan fingerprint density at radius 3 is 2.57 bits per heavy atom. The maximum atomic E-state index is 11.6. The summed E-state index contributed by atoms with van der Waals surface area (Å²) in [6.45, 7) is 8.65. The summed E-state index contributed by atoms with van der Waals surface area (Å²) in [7, 11) is 1.68. The van der Waals surface area contributed by atoms with Crippen molar-refractivity contribution in [3.05, 3.63) is 34.3 Å². The fraction of sp³-hybridized carbons (Fsp3) is 0.611. The predicted octanol–water partition coefficient (Wildman–Crippen LogP) is 2.53. The molecule has 0 amide bonds. The van der Waals surface area contributed by atoms with Crippen LogP contribution in [0.1, 0.15) is 38.9 Å². The fourth-order valence-electron chi connectivity index (χ4n) is 3.86. The molecule has 1 fully saturated rings. The van der Waals surface area contributed by atoms with E-state index in [-0.39, 0.29) is 11.8 Å². The number of rotatable bonds is 3. The number of hydrogen-bond acceptors (Lipinski definition) is 4. The Kier molecular flexibility index (Phi) is 4.34. The summed E-state index contributed by atoms with van der Waals surface area (Å²) >= 11 is 0. The van der Waals surface area contributed by atoms with E-state index < -0.39 is 6.10 Å². The van der Waals surface area contributed by atoms with Gasteiger partial charge in [0.15, 0.2) is 5.58 Å². The van der Waals surface area contributed by atoms with Crippen molar-refractivity contribution in [2.24, 2.45) is 18.9 Å². The summed E-state index contributed by atoms with van der Waals surface area (Å²) in [6, 6.07) is 5.55. The molecular formula is C18H26N2O3. The second-order valence-electron chi connectivity index (χ2n) is 7.24. The Labute approximate surface area is 136 Å². The lowest BCUT2D eigenvalue weighted by molar-refractivity contribution is 0.0208. The van der Waals surface area contributed by atoms with Crippen LogP contribution in [0.25, 0.3) is 11.1 Å². The third-order valence-corrected chi connectivity index (χ3v) is 5.09.